The van der Waals surface area contributed by atoms with Crippen LogP contribution in [0, 0.1) is 5.92 Å². The monoisotopic (exact) mass is 249 g/mol. The van der Waals surface area contributed by atoms with Gasteiger partial charge in [-0.05, 0) is 38.3 Å². The number of hydrogen-bond acceptors (Lipinski definition) is 3. The van der Waals surface area contributed by atoms with E-state index in [1.165, 1.54) is 12.0 Å². The maximum atomic E-state index is 9.26. The summed E-state index contributed by atoms with van der Waals surface area (Å²) in [4.78, 5) is 2.42. The SMILES string of the molecule is CCOc1ccccc1CN1CCCC(CO)C1. The molecular formula is C15H23NO2. The van der Waals surface area contributed by atoms with E-state index in [-0.39, 0.29) is 0 Å². The van der Waals surface area contributed by atoms with Crippen molar-refractivity contribution in [3.8, 4) is 5.75 Å². The standard InChI is InChI=1S/C15H23NO2/c1-2-18-15-8-4-3-7-14(15)11-16-9-5-6-13(10-16)12-17/h3-4,7-8,13,17H,2,5-6,9-12H2,1H3. The topological polar surface area (TPSA) is 32.7 Å². The normalized spacial score (nSPS) is 20.9. The number of piperidine rings is 1. The lowest BCUT2D eigenvalue weighted by atomic mass is 9.98. The van der Waals surface area contributed by atoms with E-state index in [4.69, 9.17) is 4.74 Å². The molecule has 2 rings (SSSR count). The van der Waals surface area contributed by atoms with Crippen molar-refractivity contribution in [3.05, 3.63) is 29.8 Å². The Morgan fingerprint density at radius 1 is 1.39 bits per heavy atom. The number of ether oxygens (including phenoxy) is 1. The van der Waals surface area contributed by atoms with Gasteiger partial charge in [0, 0.05) is 25.3 Å². The number of nitrogens with zero attached hydrogens (tertiary/aromatic N) is 1. The van der Waals surface area contributed by atoms with Crippen molar-refractivity contribution in [2.24, 2.45) is 5.92 Å². The van der Waals surface area contributed by atoms with Crippen molar-refractivity contribution in [1.29, 1.82) is 0 Å². The number of aliphatic hydroxyl groups is 1. The van der Waals surface area contributed by atoms with Gasteiger partial charge in [0.25, 0.3) is 0 Å². The molecule has 1 N–H and O–H groups in total. The third-order valence-electron chi connectivity index (χ3n) is 3.53. The van der Waals surface area contributed by atoms with Gasteiger partial charge >= 0.3 is 0 Å². The summed E-state index contributed by atoms with van der Waals surface area (Å²) in [6.45, 7) is 6.07. The lowest BCUT2D eigenvalue weighted by molar-refractivity contribution is 0.115. The highest BCUT2D eigenvalue weighted by molar-refractivity contribution is 5.33. The molecule has 1 heterocycles. The molecule has 1 aliphatic rings. The third kappa shape index (κ3) is 3.47. The van der Waals surface area contributed by atoms with Crippen LogP contribution in [0.15, 0.2) is 24.3 Å². The molecule has 0 aliphatic carbocycles. The molecule has 1 aliphatic heterocycles. The van der Waals surface area contributed by atoms with Crippen LogP contribution in [0.2, 0.25) is 0 Å². The first-order chi connectivity index (χ1) is 8.83. The van der Waals surface area contributed by atoms with E-state index in [0.717, 1.165) is 31.8 Å². The van der Waals surface area contributed by atoms with Crippen LogP contribution in [0.5, 0.6) is 5.75 Å². The minimum absolute atomic E-state index is 0.309. The molecule has 100 valence electrons. The summed E-state index contributed by atoms with van der Waals surface area (Å²) >= 11 is 0. The molecule has 1 unspecified atom stereocenters. The predicted octanol–water partition coefficient (Wildman–Crippen LogP) is 2.29. The van der Waals surface area contributed by atoms with E-state index >= 15 is 0 Å². The highest BCUT2D eigenvalue weighted by Crippen LogP contribution is 2.23. The van der Waals surface area contributed by atoms with Gasteiger partial charge in [0.2, 0.25) is 0 Å². The van der Waals surface area contributed by atoms with Gasteiger partial charge in [-0.25, -0.2) is 0 Å². The van der Waals surface area contributed by atoms with Gasteiger partial charge in [-0.1, -0.05) is 18.2 Å². The minimum atomic E-state index is 0.309. The average molecular weight is 249 g/mol. The molecule has 1 saturated heterocycles. The average Bonchev–Trinajstić information content (AvgIpc) is 2.41. The van der Waals surface area contributed by atoms with Crippen molar-refractivity contribution in [3.63, 3.8) is 0 Å². The maximum Gasteiger partial charge on any atom is 0.123 e. The van der Waals surface area contributed by atoms with Gasteiger partial charge in [0.05, 0.1) is 6.61 Å². The van der Waals surface area contributed by atoms with Crippen molar-refractivity contribution in [2.75, 3.05) is 26.3 Å². The molecule has 1 fully saturated rings. The first kappa shape index (κ1) is 13.4. The highest BCUT2D eigenvalue weighted by atomic mass is 16.5. The Labute approximate surface area is 109 Å². The van der Waals surface area contributed by atoms with Crippen molar-refractivity contribution >= 4 is 0 Å². The van der Waals surface area contributed by atoms with E-state index < -0.39 is 0 Å². The maximum absolute atomic E-state index is 9.26. The summed E-state index contributed by atoms with van der Waals surface area (Å²) in [7, 11) is 0. The Morgan fingerprint density at radius 3 is 3.00 bits per heavy atom. The molecule has 18 heavy (non-hydrogen) atoms. The van der Waals surface area contributed by atoms with Crippen LogP contribution >= 0.6 is 0 Å². The molecule has 3 nitrogen and oxygen atoms in total. The number of likely N-dealkylation sites (tertiary alicyclic amines) is 1. The molecule has 0 aromatic heterocycles. The number of rotatable bonds is 5. The van der Waals surface area contributed by atoms with Crippen LogP contribution in [-0.2, 0) is 6.54 Å². The first-order valence-corrected chi connectivity index (χ1v) is 6.87. The van der Waals surface area contributed by atoms with Crippen molar-refractivity contribution < 1.29 is 9.84 Å². The second-order valence-corrected chi connectivity index (χ2v) is 4.97. The fourth-order valence-corrected chi connectivity index (χ4v) is 2.62. The Hall–Kier alpha value is -1.06. The third-order valence-corrected chi connectivity index (χ3v) is 3.53. The highest BCUT2D eigenvalue weighted by Gasteiger charge is 2.19. The van der Waals surface area contributed by atoms with Crippen LogP contribution in [0.1, 0.15) is 25.3 Å². The predicted molar refractivity (Wildman–Crippen MR) is 72.7 cm³/mol. The fourth-order valence-electron chi connectivity index (χ4n) is 2.62. The summed E-state index contributed by atoms with van der Waals surface area (Å²) < 4.78 is 5.66. The summed E-state index contributed by atoms with van der Waals surface area (Å²) in [6.07, 6.45) is 2.34. The number of benzene rings is 1. The number of para-hydroxylation sites is 1. The zero-order chi connectivity index (χ0) is 12.8. The second kappa shape index (κ2) is 6.76. The smallest absolute Gasteiger partial charge is 0.123 e. The molecule has 1 atom stereocenters. The van der Waals surface area contributed by atoms with Crippen LogP contribution < -0.4 is 4.74 Å². The molecule has 0 bridgehead atoms. The van der Waals surface area contributed by atoms with Crippen molar-refractivity contribution in [2.45, 2.75) is 26.3 Å². The molecule has 3 heteroatoms. The molecule has 0 saturated carbocycles. The van der Waals surface area contributed by atoms with E-state index in [1.54, 1.807) is 0 Å². The Balaban J connectivity index is 1.99. The van der Waals surface area contributed by atoms with Gasteiger partial charge in [-0.2, -0.15) is 0 Å². The lowest BCUT2D eigenvalue weighted by Crippen LogP contribution is -2.36. The molecule has 0 amide bonds. The zero-order valence-electron chi connectivity index (χ0n) is 11.1. The van der Waals surface area contributed by atoms with Crippen LogP contribution in [0.3, 0.4) is 0 Å². The van der Waals surface area contributed by atoms with Crippen LogP contribution in [-0.4, -0.2) is 36.3 Å². The molecule has 0 radical (unpaired) electrons. The lowest BCUT2D eigenvalue weighted by Gasteiger charge is -2.32. The van der Waals surface area contributed by atoms with Crippen LogP contribution in [0.4, 0.5) is 0 Å². The summed E-state index contributed by atoms with van der Waals surface area (Å²) in [5.41, 5.74) is 1.25. The molecular weight excluding hydrogens is 226 g/mol. The first-order valence-electron chi connectivity index (χ1n) is 6.87. The molecule has 1 aromatic carbocycles. The molecule has 0 spiro atoms. The van der Waals surface area contributed by atoms with Crippen LogP contribution in [0.25, 0.3) is 0 Å². The molecule has 1 aromatic rings. The fraction of sp³-hybridized carbons (Fsp3) is 0.600. The number of hydrogen-bond donors (Lipinski definition) is 1. The van der Waals surface area contributed by atoms with Gasteiger partial charge < -0.3 is 9.84 Å². The Kier molecular flexibility index (Phi) is 5.02. The Bertz CT molecular complexity index is 367. The van der Waals surface area contributed by atoms with Gasteiger partial charge in [-0.3, -0.25) is 4.90 Å². The quantitative estimate of drug-likeness (QED) is 0.869. The summed E-state index contributed by atoms with van der Waals surface area (Å²) in [5, 5.41) is 9.26. The Morgan fingerprint density at radius 2 is 2.22 bits per heavy atom. The largest absolute Gasteiger partial charge is 0.494 e. The second-order valence-electron chi connectivity index (χ2n) is 4.97. The summed E-state index contributed by atoms with van der Waals surface area (Å²) in [5.74, 6) is 1.43. The van der Waals surface area contributed by atoms with E-state index in [9.17, 15) is 5.11 Å². The zero-order valence-corrected chi connectivity index (χ0v) is 11.1. The van der Waals surface area contributed by atoms with Gasteiger partial charge in [0.1, 0.15) is 5.75 Å². The van der Waals surface area contributed by atoms with E-state index in [1.807, 2.05) is 19.1 Å². The van der Waals surface area contributed by atoms with Gasteiger partial charge in [0.15, 0.2) is 0 Å². The van der Waals surface area contributed by atoms with E-state index in [0.29, 0.717) is 19.1 Å². The van der Waals surface area contributed by atoms with Gasteiger partial charge in [-0.15, -0.1) is 0 Å². The van der Waals surface area contributed by atoms with Crippen molar-refractivity contribution in [1.82, 2.24) is 4.90 Å². The summed E-state index contributed by atoms with van der Waals surface area (Å²) in [6, 6.07) is 8.24. The van der Waals surface area contributed by atoms with E-state index in [2.05, 4.69) is 17.0 Å². The minimum Gasteiger partial charge on any atom is -0.494 e. The number of aliphatic hydroxyl groups excluding tert-OH is 1.